The van der Waals surface area contributed by atoms with E-state index in [0.717, 1.165) is 15.7 Å². The second-order valence-electron chi connectivity index (χ2n) is 2.60. The van der Waals surface area contributed by atoms with Crippen LogP contribution >= 0.6 is 15.9 Å². The Morgan fingerprint density at radius 2 is 1.77 bits per heavy atom. The van der Waals surface area contributed by atoms with Crippen LogP contribution in [0.1, 0.15) is 0 Å². The molecular weight excluding hydrogens is 228 g/mol. The lowest BCUT2D eigenvalue weighted by molar-refractivity contribution is 1.17. The zero-order valence-electron chi connectivity index (χ0n) is 6.81. The molecule has 0 fully saturated rings. The van der Waals surface area contributed by atoms with Gasteiger partial charge in [-0.1, -0.05) is 28.1 Å². The zero-order chi connectivity index (χ0) is 9.10. The fraction of sp³-hybridized carbons (Fsp3) is 0. The summed E-state index contributed by atoms with van der Waals surface area (Å²) in [5.74, 6) is 0. The van der Waals surface area contributed by atoms with E-state index in [0.29, 0.717) is 0 Å². The van der Waals surface area contributed by atoms with Crippen LogP contribution in [0.3, 0.4) is 0 Å². The Morgan fingerprint density at radius 1 is 1.00 bits per heavy atom. The standard InChI is InChI=1S/C10H7BrN2/c11-9-3-1-8(2-4-9)10-5-6-12-7-13-10/h1-7H. The number of benzene rings is 1. The highest BCUT2D eigenvalue weighted by Crippen LogP contribution is 2.18. The summed E-state index contributed by atoms with van der Waals surface area (Å²) < 4.78 is 1.07. The molecule has 0 bridgehead atoms. The summed E-state index contributed by atoms with van der Waals surface area (Å²) in [6.07, 6.45) is 3.29. The number of nitrogens with zero attached hydrogens (tertiary/aromatic N) is 2. The lowest BCUT2D eigenvalue weighted by Gasteiger charge is -1.98. The minimum Gasteiger partial charge on any atom is -0.245 e. The molecule has 1 heterocycles. The molecule has 1 aromatic heterocycles. The van der Waals surface area contributed by atoms with E-state index < -0.39 is 0 Å². The van der Waals surface area contributed by atoms with Crippen LogP contribution in [-0.2, 0) is 0 Å². The number of rotatable bonds is 1. The molecule has 0 atom stereocenters. The molecule has 0 spiro atoms. The molecule has 0 saturated heterocycles. The molecule has 2 aromatic rings. The van der Waals surface area contributed by atoms with Crippen molar-refractivity contribution in [3.8, 4) is 11.3 Å². The lowest BCUT2D eigenvalue weighted by atomic mass is 10.1. The van der Waals surface area contributed by atoms with Crippen molar-refractivity contribution in [1.29, 1.82) is 0 Å². The van der Waals surface area contributed by atoms with Crippen LogP contribution in [0.4, 0.5) is 0 Å². The molecule has 0 aliphatic heterocycles. The molecule has 0 aliphatic carbocycles. The number of hydrogen-bond acceptors (Lipinski definition) is 2. The Balaban J connectivity index is 2.42. The molecule has 3 heteroatoms. The molecule has 0 saturated carbocycles. The van der Waals surface area contributed by atoms with Crippen LogP contribution in [0.5, 0.6) is 0 Å². The van der Waals surface area contributed by atoms with Gasteiger partial charge in [-0.05, 0) is 18.2 Å². The molecule has 2 nitrogen and oxygen atoms in total. The van der Waals surface area contributed by atoms with Crippen LogP contribution in [0, 0.1) is 0 Å². The minimum atomic E-state index is 0.947. The third-order valence-corrected chi connectivity index (χ3v) is 2.25. The topological polar surface area (TPSA) is 25.8 Å². The van der Waals surface area contributed by atoms with Crippen LogP contribution in [-0.4, -0.2) is 9.97 Å². The molecule has 13 heavy (non-hydrogen) atoms. The molecule has 0 unspecified atom stereocenters. The monoisotopic (exact) mass is 234 g/mol. The van der Waals surface area contributed by atoms with Gasteiger partial charge in [0.1, 0.15) is 6.33 Å². The predicted molar refractivity (Wildman–Crippen MR) is 55.2 cm³/mol. The van der Waals surface area contributed by atoms with Gasteiger partial charge in [-0.25, -0.2) is 9.97 Å². The first kappa shape index (κ1) is 8.38. The van der Waals surface area contributed by atoms with Gasteiger partial charge < -0.3 is 0 Å². The Morgan fingerprint density at radius 3 is 2.38 bits per heavy atom. The Labute approximate surface area is 84.8 Å². The highest BCUT2D eigenvalue weighted by Gasteiger charge is 1.96. The van der Waals surface area contributed by atoms with Crippen molar-refractivity contribution in [1.82, 2.24) is 9.97 Å². The minimum absolute atomic E-state index is 0.947. The van der Waals surface area contributed by atoms with Crippen LogP contribution < -0.4 is 0 Å². The lowest BCUT2D eigenvalue weighted by Crippen LogP contribution is -1.82. The molecule has 0 aliphatic rings. The quantitative estimate of drug-likeness (QED) is 0.759. The molecule has 0 radical (unpaired) electrons. The van der Waals surface area contributed by atoms with E-state index in [1.165, 1.54) is 0 Å². The van der Waals surface area contributed by atoms with E-state index in [9.17, 15) is 0 Å². The van der Waals surface area contributed by atoms with Gasteiger partial charge in [0.25, 0.3) is 0 Å². The number of halogens is 1. The summed E-state index contributed by atoms with van der Waals surface area (Å²) in [5.41, 5.74) is 2.05. The van der Waals surface area contributed by atoms with Gasteiger partial charge in [0.05, 0.1) is 5.69 Å². The largest absolute Gasteiger partial charge is 0.245 e. The van der Waals surface area contributed by atoms with Crippen molar-refractivity contribution < 1.29 is 0 Å². The molecule has 64 valence electrons. The maximum Gasteiger partial charge on any atom is 0.116 e. The highest BCUT2D eigenvalue weighted by atomic mass is 79.9. The van der Waals surface area contributed by atoms with E-state index in [-0.39, 0.29) is 0 Å². The van der Waals surface area contributed by atoms with E-state index in [2.05, 4.69) is 25.9 Å². The van der Waals surface area contributed by atoms with Gasteiger partial charge >= 0.3 is 0 Å². The van der Waals surface area contributed by atoms with Crippen molar-refractivity contribution in [3.05, 3.63) is 47.3 Å². The fourth-order valence-corrected chi connectivity index (χ4v) is 1.35. The number of hydrogen-bond donors (Lipinski definition) is 0. The van der Waals surface area contributed by atoms with Crippen molar-refractivity contribution in [2.24, 2.45) is 0 Å². The zero-order valence-corrected chi connectivity index (χ0v) is 8.40. The third kappa shape index (κ3) is 1.92. The molecule has 0 N–H and O–H groups in total. The van der Waals surface area contributed by atoms with Crippen LogP contribution in [0.15, 0.2) is 47.3 Å². The molecule has 0 amide bonds. The predicted octanol–water partition coefficient (Wildman–Crippen LogP) is 2.91. The van der Waals surface area contributed by atoms with E-state index in [1.54, 1.807) is 12.5 Å². The first-order chi connectivity index (χ1) is 6.36. The van der Waals surface area contributed by atoms with Gasteiger partial charge in [0, 0.05) is 16.2 Å². The van der Waals surface area contributed by atoms with E-state index >= 15 is 0 Å². The second-order valence-corrected chi connectivity index (χ2v) is 3.52. The van der Waals surface area contributed by atoms with Crippen molar-refractivity contribution in [2.45, 2.75) is 0 Å². The maximum absolute atomic E-state index is 4.15. The smallest absolute Gasteiger partial charge is 0.116 e. The maximum atomic E-state index is 4.15. The number of aromatic nitrogens is 2. The van der Waals surface area contributed by atoms with Crippen LogP contribution in [0.2, 0.25) is 0 Å². The Bertz CT molecular complexity index is 383. The first-order valence-corrected chi connectivity index (χ1v) is 4.67. The Hall–Kier alpha value is -1.22. The van der Waals surface area contributed by atoms with Gasteiger partial charge in [0.2, 0.25) is 0 Å². The summed E-state index contributed by atoms with van der Waals surface area (Å²) in [4.78, 5) is 8.02. The normalized spacial score (nSPS) is 9.92. The van der Waals surface area contributed by atoms with Crippen LogP contribution in [0.25, 0.3) is 11.3 Å². The van der Waals surface area contributed by atoms with Crippen molar-refractivity contribution in [3.63, 3.8) is 0 Å². The average molecular weight is 235 g/mol. The second kappa shape index (κ2) is 3.66. The summed E-state index contributed by atoms with van der Waals surface area (Å²) in [7, 11) is 0. The molecular formula is C10H7BrN2. The van der Waals surface area contributed by atoms with Crippen molar-refractivity contribution >= 4 is 15.9 Å². The molecule has 2 rings (SSSR count). The fourth-order valence-electron chi connectivity index (χ4n) is 1.08. The average Bonchev–Trinajstić information content (AvgIpc) is 2.20. The van der Waals surface area contributed by atoms with E-state index in [4.69, 9.17) is 0 Å². The van der Waals surface area contributed by atoms with Gasteiger partial charge in [0.15, 0.2) is 0 Å². The molecule has 1 aromatic carbocycles. The third-order valence-electron chi connectivity index (χ3n) is 1.72. The first-order valence-electron chi connectivity index (χ1n) is 3.88. The van der Waals surface area contributed by atoms with Gasteiger partial charge in [-0.3, -0.25) is 0 Å². The van der Waals surface area contributed by atoms with Crippen molar-refractivity contribution in [2.75, 3.05) is 0 Å². The SMILES string of the molecule is Brc1ccc(-c2ccncn2)cc1. The summed E-state index contributed by atoms with van der Waals surface area (Å²) in [6, 6.07) is 9.93. The summed E-state index contributed by atoms with van der Waals surface area (Å²) in [6.45, 7) is 0. The summed E-state index contributed by atoms with van der Waals surface area (Å²) in [5, 5.41) is 0. The van der Waals surface area contributed by atoms with Gasteiger partial charge in [-0.2, -0.15) is 0 Å². The Kier molecular flexibility index (Phi) is 2.36. The van der Waals surface area contributed by atoms with Gasteiger partial charge in [-0.15, -0.1) is 0 Å². The highest BCUT2D eigenvalue weighted by molar-refractivity contribution is 9.10. The summed E-state index contributed by atoms with van der Waals surface area (Å²) >= 11 is 3.39. The van der Waals surface area contributed by atoms with E-state index in [1.807, 2.05) is 30.3 Å².